The number of likely N-dealkylation sites (N-methyl/N-ethyl adjacent to an activating group) is 1. The number of nitro groups is 1. The van der Waals surface area contributed by atoms with Crippen molar-refractivity contribution in [2.75, 3.05) is 44.2 Å². The van der Waals surface area contributed by atoms with Gasteiger partial charge in [-0.1, -0.05) is 30.3 Å². The van der Waals surface area contributed by atoms with E-state index in [0.29, 0.717) is 50.5 Å². The summed E-state index contributed by atoms with van der Waals surface area (Å²) in [4.78, 5) is 41.2. The number of hydrogen-bond donors (Lipinski definition) is 0. The van der Waals surface area contributed by atoms with E-state index in [4.69, 9.17) is 0 Å². The summed E-state index contributed by atoms with van der Waals surface area (Å²) in [6.45, 7) is 6.58. The molecule has 31 heavy (non-hydrogen) atoms. The highest BCUT2D eigenvalue weighted by atomic mass is 16.6. The summed E-state index contributed by atoms with van der Waals surface area (Å²) >= 11 is 0. The molecular weight excluding hydrogens is 396 g/mol. The summed E-state index contributed by atoms with van der Waals surface area (Å²) in [5, 5.41) is 11.8. The number of nitro benzene ring substituents is 1. The molecule has 0 N–H and O–H groups in total. The molecule has 1 fully saturated rings. The maximum absolute atomic E-state index is 13.0. The smallest absolute Gasteiger partial charge is 0.293 e. The van der Waals surface area contributed by atoms with Gasteiger partial charge in [-0.3, -0.25) is 19.7 Å². The first-order valence-corrected chi connectivity index (χ1v) is 10.5. The van der Waals surface area contributed by atoms with Gasteiger partial charge < -0.3 is 14.7 Å². The Bertz CT molecular complexity index is 940. The Morgan fingerprint density at radius 2 is 1.74 bits per heavy atom. The largest absolute Gasteiger partial charge is 0.362 e. The van der Waals surface area contributed by atoms with Crippen LogP contribution in [0.4, 0.5) is 11.4 Å². The summed E-state index contributed by atoms with van der Waals surface area (Å²) in [5.74, 6) is -0.209. The summed E-state index contributed by atoms with van der Waals surface area (Å²) in [6.07, 6.45) is 0.723. The van der Waals surface area contributed by atoms with Crippen LogP contribution < -0.4 is 4.90 Å². The van der Waals surface area contributed by atoms with Crippen LogP contribution in [0, 0.1) is 10.1 Å². The second-order valence-electron chi connectivity index (χ2n) is 7.57. The molecule has 0 saturated carbocycles. The van der Waals surface area contributed by atoms with Crippen LogP contribution in [0.25, 0.3) is 0 Å². The lowest BCUT2D eigenvalue weighted by Gasteiger charge is -2.35. The minimum atomic E-state index is -0.441. The molecule has 0 atom stereocenters. The molecule has 0 unspecified atom stereocenters. The van der Waals surface area contributed by atoms with Crippen molar-refractivity contribution >= 4 is 23.2 Å². The molecule has 0 radical (unpaired) electrons. The number of carbonyl (C=O) groups excluding carboxylic acids is 2. The normalized spacial score (nSPS) is 13.7. The number of hydrogen-bond acceptors (Lipinski definition) is 5. The van der Waals surface area contributed by atoms with Gasteiger partial charge in [0.05, 0.1) is 4.92 Å². The number of benzene rings is 2. The lowest BCUT2D eigenvalue weighted by atomic mass is 10.1. The molecule has 2 aromatic carbocycles. The molecule has 3 rings (SSSR count). The van der Waals surface area contributed by atoms with E-state index in [1.165, 1.54) is 13.0 Å². The predicted molar refractivity (Wildman–Crippen MR) is 119 cm³/mol. The minimum absolute atomic E-state index is 0.00486. The first kappa shape index (κ1) is 22.3. The molecule has 1 aliphatic heterocycles. The Morgan fingerprint density at radius 1 is 1.06 bits per heavy atom. The number of carbonyl (C=O) groups is 2. The fraction of sp³-hybridized carbons (Fsp3) is 0.391. The van der Waals surface area contributed by atoms with Gasteiger partial charge in [-0.15, -0.1) is 0 Å². The molecule has 8 nitrogen and oxygen atoms in total. The van der Waals surface area contributed by atoms with Gasteiger partial charge in [0.15, 0.2) is 0 Å². The van der Waals surface area contributed by atoms with E-state index in [2.05, 4.69) is 0 Å². The van der Waals surface area contributed by atoms with Crippen LogP contribution in [0.3, 0.4) is 0 Å². The summed E-state index contributed by atoms with van der Waals surface area (Å²) in [6, 6.07) is 14.6. The van der Waals surface area contributed by atoms with Crippen LogP contribution in [0.15, 0.2) is 48.5 Å². The molecule has 1 heterocycles. The molecule has 1 saturated heterocycles. The highest BCUT2D eigenvalue weighted by molar-refractivity contribution is 5.95. The van der Waals surface area contributed by atoms with Crippen molar-refractivity contribution in [3.05, 3.63) is 69.8 Å². The van der Waals surface area contributed by atoms with Crippen LogP contribution in [0.2, 0.25) is 0 Å². The zero-order chi connectivity index (χ0) is 22.4. The van der Waals surface area contributed by atoms with Crippen LogP contribution in [-0.4, -0.2) is 65.8 Å². The van der Waals surface area contributed by atoms with Gasteiger partial charge in [0.25, 0.3) is 11.6 Å². The zero-order valence-electron chi connectivity index (χ0n) is 18.0. The summed E-state index contributed by atoms with van der Waals surface area (Å²) < 4.78 is 0. The maximum atomic E-state index is 13.0. The predicted octanol–water partition coefficient (Wildman–Crippen LogP) is 2.97. The number of nitrogens with zero attached hydrogens (tertiary/aromatic N) is 4. The fourth-order valence-electron chi connectivity index (χ4n) is 3.83. The first-order chi connectivity index (χ1) is 14.9. The van der Waals surface area contributed by atoms with E-state index in [9.17, 15) is 19.7 Å². The van der Waals surface area contributed by atoms with Crippen LogP contribution in [-0.2, 0) is 11.2 Å². The Morgan fingerprint density at radius 3 is 2.32 bits per heavy atom. The Hall–Kier alpha value is -3.42. The molecule has 0 bridgehead atoms. The third-order valence-corrected chi connectivity index (χ3v) is 5.67. The van der Waals surface area contributed by atoms with E-state index in [-0.39, 0.29) is 17.5 Å². The van der Waals surface area contributed by atoms with Gasteiger partial charge in [0.1, 0.15) is 5.69 Å². The van der Waals surface area contributed by atoms with Crippen molar-refractivity contribution < 1.29 is 14.5 Å². The van der Waals surface area contributed by atoms with Crippen LogP contribution in [0.5, 0.6) is 0 Å². The fourth-order valence-corrected chi connectivity index (χ4v) is 3.83. The number of piperazine rings is 1. The topological polar surface area (TPSA) is 87.0 Å². The first-order valence-electron chi connectivity index (χ1n) is 10.5. The van der Waals surface area contributed by atoms with Gasteiger partial charge in [0.2, 0.25) is 5.91 Å². The van der Waals surface area contributed by atoms with Crippen molar-refractivity contribution in [3.8, 4) is 0 Å². The molecule has 1 aliphatic rings. The molecular formula is C23H28N4O4. The van der Waals surface area contributed by atoms with Crippen LogP contribution >= 0.6 is 0 Å². The highest BCUT2D eigenvalue weighted by Crippen LogP contribution is 2.30. The Kier molecular flexibility index (Phi) is 7.23. The summed E-state index contributed by atoms with van der Waals surface area (Å²) in [7, 11) is 0. The molecule has 2 amide bonds. The molecule has 0 aromatic heterocycles. The van der Waals surface area contributed by atoms with Crippen molar-refractivity contribution in [1.29, 1.82) is 0 Å². The second kappa shape index (κ2) is 10.1. The lowest BCUT2D eigenvalue weighted by molar-refractivity contribution is -0.384. The van der Waals surface area contributed by atoms with Gasteiger partial charge in [-0.05, 0) is 31.0 Å². The van der Waals surface area contributed by atoms with Crippen molar-refractivity contribution in [1.82, 2.24) is 9.80 Å². The van der Waals surface area contributed by atoms with Crippen molar-refractivity contribution in [2.45, 2.75) is 20.3 Å². The molecule has 8 heteroatoms. The molecule has 0 spiro atoms. The third kappa shape index (κ3) is 5.39. The Labute approximate surface area is 182 Å². The standard InChI is InChI=1S/C23H28N4O4/c1-3-24(12-11-19-7-5-4-6-8-19)23(29)20-9-10-21(22(17-20)27(30)31)26-15-13-25(14-16-26)18(2)28/h4-10,17H,3,11-16H2,1-2H3. The highest BCUT2D eigenvalue weighted by Gasteiger charge is 2.26. The minimum Gasteiger partial charge on any atom is -0.362 e. The number of amides is 2. The average Bonchev–Trinajstić information content (AvgIpc) is 2.79. The van der Waals surface area contributed by atoms with Crippen molar-refractivity contribution in [2.24, 2.45) is 0 Å². The second-order valence-corrected chi connectivity index (χ2v) is 7.57. The summed E-state index contributed by atoms with van der Waals surface area (Å²) in [5.41, 5.74) is 1.85. The quantitative estimate of drug-likeness (QED) is 0.504. The van der Waals surface area contributed by atoms with Gasteiger partial charge in [-0.2, -0.15) is 0 Å². The van der Waals surface area contributed by atoms with Gasteiger partial charge in [-0.25, -0.2) is 0 Å². The lowest BCUT2D eigenvalue weighted by Crippen LogP contribution is -2.48. The van der Waals surface area contributed by atoms with Crippen LogP contribution in [0.1, 0.15) is 29.8 Å². The van der Waals surface area contributed by atoms with E-state index >= 15 is 0 Å². The molecule has 0 aliphatic carbocycles. The van der Waals surface area contributed by atoms with E-state index in [1.807, 2.05) is 42.2 Å². The third-order valence-electron chi connectivity index (χ3n) is 5.67. The van der Waals surface area contributed by atoms with E-state index < -0.39 is 4.92 Å². The molecule has 2 aromatic rings. The average molecular weight is 425 g/mol. The van der Waals surface area contributed by atoms with Crippen molar-refractivity contribution in [3.63, 3.8) is 0 Å². The maximum Gasteiger partial charge on any atom is 0.293 e. The van der Waals surface area contributed by atoms with Gasteiger partial charge in [0, 0.05) is 57.8 Å². The van der Waals surface area contributed by atoms with E-state index in [0.717, 1.165) is 12.0 Å². The monoisotopic (exact) mass is 424 g/mol. The zero-order valence-corrected chi connectivity index (χ0v) is 18.0. The molecule has 164 valence electrons. The Balaban J connectivity index is 1.75. The SMILES string of the molecule is CCN(CCc1ccccc1)C(=O)c1ccc(N2CCN(C(C)=O)CC2)c([N+](=O)[O-])c1. The van der Waals surface area contributed by atoms with Gasteiger partial charge >= 0.3 is 0 Å². The van der Waals surface area contributed by atoms with E-state index in [1.54, 1.807) is 21.9 Å². The number of anilines is 1. The number of rotatable bonds is 7.